The van der Waals surface area contributed by atoms with Gasteiger partial charge in [0, 0.05) is 30.9 Å². The van der Waals surface area contributed by atoms with E-state index in [4.69, 9.17) is 10.00 Å². The van der Waals surface area contributed by atoms with Gasteiger partial charge in [-0.15, -0.1) is 5.10 Å². The van der Waals surface area contributed by atoms with Gasteiger partial charge in [0.1, 0.15) is 12.2 Å². The Morgan fingerprint density at radius 3 is 3.00 bits per heavy atom. The van der Waals surface area contributed by atoms with Crippen molar-refractivity contribution in [1.82, 2.24) is 24.9 Å². The molecule has 2 amide bonds. The SMILES string of the molecule is N#Cc1ccc(OC2CCN(C(=O)Nc3cccc(-n4ccnn4)c3)C2)nc1. The van der Waals surface area contributed by atoms with Crippen molar-refractivity contribution in [2.45, 2.75) is 12.5 Å². The Hall–Kier alpha value is -3.93. The summed E-state index contributed by atoms with van der Waals surface area (Å²) in [5, 5.41) is 19.4. The third-order valence-corrected chi connectivity index (χ3v) is 4.37. The Bertz CT molecular complexity index is 996. The summed E-state index contributed by atoms with van der Waals surface area (Å²) in [5.74, 6) is 0.451. The maximum absolute atomic E-state index is 12.6. The third kappa shape index (κ3) is 3.91. The fraction of sp³-hybridized carbons (Fsp3) is 0.211. The zero-order valence-electron chi connectivity index (χ0n) is 14.9. The molecule has 0 spiro atoms. The molecule has 1 aliphatic rings. The number of nitrogens with zero attached hydrogens (tertiary/aromatic N) is 6. The van der Waals surface area contributed by atoms with Gasteiger partial charge >= 0.3 is 6.03 Å². The van der Waals surface area contributed by atoms with Gasteiger partial charge in [-0.2, -0.15) is 5.26 Å². The van der Waals surface area contributed by atoms with Gasteiger partial charge in [0.15, 0.2) is 0 Å². The van der Waals surface area contributed by atoms with Crippen molar-refractivity contribution < 1.29 is 9.53 Å². The van der Waals surface area contributed by atoms with Gasteiger partial charge in [0.2, 0.25) is 5.88 Å². The molecular formula is C19H17N7O2. The van der Waals surface area contributed by atoms with Gasteiger partial charge in [-0.3, -0.25) is 0 Å². The highest BCUT2D eigenvalue weighted by molar-refractivity contribution is 5.89. The van der Waals surface area contributed by atoms with Gasteiger partial charge in [0.25, 0.3) is 0 Å². The molecule has 9 heteroatoms. The Morgan fingerprint density at radius 1 is 1.32 bits per heavy atom. The van der Waals surface area contributed by atoms with Crippen LogP contribution >= 0.6 is 0 Å². The first-order valence-electron chi connectivity index (χ1n) is 8.77. The number of urea groups is 1. The monoisotopic (exact) mass is 375 g/mol. The maximum Gasteiger partial charge on any atom is 0.321 e. The van der Waals surface area contributed by atoms with Gasteiger partial charge in [0.05, 0.1) is 30.2 Å². The minimum Gasteiger partial charge on any atom is -0.472 e. The van der Waals surface area contributed by atoms with Gasteiger partial charge < -0.3 is 15.0 Å². The Balaban J connectivity index is 1.34. The molecule has 0 aliphatic carbocycles. The summed E-state index contributed by atoms with van der Waals surface area (Å²) in [7, 11) is 0. The fourth-order valence-corrected chi connectivity index (χ4v) is 2.97. The van der Waals surface area contributed by atoms with E-state index in [0.717, 1.165) is 5.69 Å². The number of aromatic nitrogens is 4. The van der Waals surface area contributed by atoms with Crippen LogP contribution in [0.4, 0.5) is 10.5 Å². The normalized spacial score (nSPS) is 15.8. The molecule has 3 aromatic rings. The van der Waals surface area contributed by atoms with Crippen molar-refractivity contribution in [1.29, 1.82) is 5.26 Å². The lowest BCUT2D eigenvalue weighted by molar-refractivity contribution is 0.190. The van der Waals surface area contributed by atoms with Crippen molar-refractivity contribution in [3.63, 3.8) is 0 Å². The predicted molar refractivity (Wildman–Crippen MR) is 99.9 cm³/mol. The number of nitrogens with one attached hydrogen (secondary N) is 1. The van der Waals surface area contributed by atoms with E-state index in [0.29, 0.717) is 36.6 Å². The van der Waals surface area contributed by atoms with E-state index < -0.39 is 0 Å². The molecule has 28 heavy (non-hydrogen) atoms. The van der Waals surface area contributed by atoms with Crippen LogP contribution in [0, 0.1) is 11.3 Å². The van der Waals surface area contributed by atoms with Crippen LogP contribution in [0.3, 0.4) is 0 Å². The second-order valence-electron chi connectivity index (χ2n) is 6.30. The molecule has 2 aromatic heterocycles. The molecule has 1 saturated heterocycles. The summed E-state index contributed by atoms with van der Waals surface area (Å²) < 4.78 is 7.44. The van der Waals surface area contributed by atoms with Crippen LogP contribution in [-0.4, -0.2) is 50.1 Å². The van der Waals surface area contributed by atoms with E-state index in [1.54, 1.807) is 34.1 Å². The second-order valence-corrected chi connectivity index (χ2v) is 6.30. The zero-order chi connectivity index (χ0) is 19.3. The van der Waals surface area contributed by atoms with E-state index in [-0.39, 0.29) is 12.1 Å². The molecule has 1 aromatic carbocycles. The molecule has 1 unspecified atom stereocenters. The number of hydrogen-bond donors (Lipinski definition) is 1. The first kappa shape index (κ1) is 17.5. The molecule has 0 bridgehead atoms. The van der Waals surface area contributed by atoms with E-state index in [1.165, 1.54) is 6.20 Å². The molecular weight excluding hydrogens is 358 g/mol. The first-order valence-corrected chi connectivity index (χ1v) is 8.77. The minimum absolute atomic E-state index is 0.132. The van der Waals surface area contributed by atoms with E-state index in [9.17, 15) is 4.79 Å². The van der Waals surface area contributed by atoms with Crippen LogP contribution in [0.15, 0.2) is 55.0 Å². The van der Waals surface area contributed by atoms with Crippen LogP contribution in [0.1, 0.15) is 12.0 Å². The van der Waals surface area contributed by atoms with Crippen molar-refractivity contribution in [3.05, 3.63) is 60.6 Å². The number of nitriles is 1. The summed E-state index contributed by atoms with van der Waals surface area (Å²) >= 11 is 0. The number of benzene rings is 1. The fourth-order valence-electron chi connectivity index (χ4n) is 2.97. The van der Waals surface area contributed by atoms with E-state index in [1.807, 2.05) is 30.3 Å². The number of anilines is 1. The number of carbonyl (C=O) groups is 1. The van der Waals surface area contributed by atoms with Crippen LogP contribution < -0.4 is 10.1 Å². The Labute approximate surface area is 161 Å². The maximum atomic E-state index is 12.6. The first-order chi connectivity index (χ1) is 13.7. The standard InChI is InChI=1S/C19H17N7O2/c20-11-14-4-5-18(21-12-14)28-17-6-8-25(13-17)19(27)23-15-2-1-3-16(10-15)26-9-7-22-24-26/h1-5,7,9-10,12,17H,6,8,13H2,(H,23,27). The molecule has 3 heterocycles. The van der Waals surface area contributed by atoms with Gasteiger partial charge in [-0.05, 0) is 24.3 Å². The average Bonchev–Trinajstić information content (AvgIpc) is 3.41. The highest BCUT2D eigenvalue weighted by Crippen LogP contribution is 2.19. The van der Waals surface area contributed by atoms with Crippen molar-refractivity contribution in [3.8, 4) is 17.6 Å². The van der Waals surface area contributed by atoms with Crippen LogP contribution in [-0.2, 0) is 0 Å². The second kappa shape index (κ2) is 7.75. The van der Waals surface area contributed by atoms with Gasteiger partial charge in [-0.25, -0.2) is 14.5 Å². The number of ether oxygens (including phenoxy) is 1. The number of hydrogen-bond acceptors (Lipinski definition) is 6. The number of rotatable bonds is 4. The van der Waals surface area contributed by atoms with Crippen molar-refractivity contribution >= 4 is 11.7 Å². The van der Waals surface area contributed by atoms with Crippen LogP contribution in [0.2, 0.25) is 0 Å². The summed E-state index contributed by atoms with van der Waals surface area (Å²) in [6, 6.07) is 12.5. The Morgan fingerprint density at radius 2 is 2.25 bits per heavy atom. The molecule has 9 nitrogen and oxygen atoms in total. The highest BCUT2D eigenvalue weighted by atomic mass is 16.5. The smallest absolute Gasteiger partial charge is 0.321 e. The molecule has 1 fully saturated rings. The molecule has 1 atom stereocenters. The molecule has 0 saturated carbocycles. The number of amides is 2. The number of likely N-dealkylation sites (tertiary alicyclic amines) is 1. The lowest BCUT2D eigenvalue weighted by Crippen LogP contribution is -2.34. The van der Waals surface area contributed by atoms with Crippen molar-refractivity contribution in [2.24, 2.45) is 0 Å². The lowest BCUT2D eigenvalue weighted by Gasteiger charge is -2.18. The largest absolute Gasteiger partial charge is 0.472 e. The lowest BCUT2D eigenvalue weighted by atomic mass is 10.3. The minimum atomic E-state index is -0.186. The molecule has 140 valence electrons. The van der Waals surface area contributed by atoms with E-state index >= 15 is 0 Å². The van der Waals surface area contributed by atoms with Crippen LogP contribution in [0.5, 0.6) is 5.88 Å². The topological polar surface area (TPSA) is 109 Å². The molecule has 4 rings (SSSR count). The molecule has 0 radical (unpaired) electrons. The average molecular weight is 375 g/mol. The van der Waals surface area contributed by atoms with Crippen LogP contribution in [0.25, 0.3) is 5.69 Å². The zero-order valence-corrected chi connectivity index (χ0v) is 14.9. The molecule has 1 aliphatic heterocycles. The van der Waals surface area contributed by atoms with Gasteiger partial charge in [-0.1, -0.05) is 11.3 Å². The molecule has 1 N–H and O–H groups in total. The van der Waals surface area contributed by atoms with Crippen molar-refractivity contribution in [2.75, 3.05) is 18.4 Å². The van der Waals surface area contributed by atoms with E-state index in [2.05, 4.69) is 20.6 Å². The number of pyridine rings is 1. The summed E-state index contributed by atoms with van der Waals surface area (Å²) in [6.07, 6.45) is 5.39. The quantitative estimate of drug-likeness (QED) is 0.749. The summed E-state index contributed by atoms with van der Waals surface area (Å²) in [4.78, 5) is 18.4. The summed E-state index contributed by atoms with van der Waals surface area (Å²) in [5.41, 5.74) is 1.97. The highest BCUT2D eigenvalue weighted by Gasteiger charge is 2.28. The third-order valence-electron chi connectivity index (χ3n) is 4.37. The predicted octanol–water partition coefficient (Wildman–Crippen LogP) is 2.22. The summed E-state index contributed by atoms with van der Waals surface area (Å²) in [6.45, 7) is 1.06. The Kier molecular flexibility index (Phi) is 4.84. The number of carbonyl (C=O) groups excluding carboxylic acids is 1.